The SMILES string of the molecule is CNCCNS(=O)(=O)c1cc(Br)ccc1C. The second kappa shape index (κ2) is 5.77. The molecule has 2 N–H and O–H groups in total. The molecule has 0 unspecified atom stereocenters. The van der Waals surface area contributed by atoms with Crippen LogP contribution in [-0.2, 0) is 10.0 Å². The second-order valence-corrected chi connectivity index (χ2v) is 6.06. The fourth-order valence-electron chi connectivity index (χ4n) is 1.25. The van der Waals surface area contributed by atoms with E-state index in [1.807, 2.05) is 6.07 Å². The largest absolute Gasteiger partial charge is 0.318 e. The van der Waals surface area contributed by atoms with Gasteiger partial charge in [0.15, 0.2) is 0 Å². The summed E-state index contributed by atoms with van der Waals surface area (Å²) in [5.74, 6) is 0. The number of nitrogens with one attached hydrogen (secondary N) is 2. The quantitative estimate of drug-likeness (QED) is 0.805. The molecule has 0 heterocycles. The molecule has 1 rings (SSSR count). The van der Waals surface area contributed by atoms with E-state index >= 15 is 0 Å². The zero-order valence-corrected chi connectivity index (χ0v) is 11.7. The Morgan fingerprint density at radius 2 is 2.00 bits per heavy atom. The van der Waals surface area contributed by atoms with Gasteiger partial charge in [0, 0.05) is 17.6 Å². The number of sulfonamides is 1. The summed E-state index contributed by atoms with van der Waals surface area (Å²) in [6, 6.07) is 5.20. The van der Waals surface area contributed by atoms with Crippen molar-refractivity contribution in [2.24, 2.45) is 0 Å². The van der Waals surface area contributed by atoms with Gasteiger partial charge in [-0.05, 0) is 31.7 Å². The van der Waals surface area contributed by atoms with Crippen LogP contribution in [0.5, 0.6) is 0 Å². The first kappa shape index (κ1) is 13.6. The molecule has 1 aromatic carbocycles. The van der Waals surface area contributed by atoms with Crippen molar-refractivity contribution in [2.45, 2.75) is 11.8 Å². The monoisotopic (exact) mass is 306 g/mol. The van der Waals surface area contributed by atoms with E-state index in [0.29, 0.717) is 18.0 Å². The lowest BCUT2D eigenvalue weighted by molar-refractivity contribution is 0.579. The van der Waals surface area contributed by atoms with Crippen LogP contribution in [0.25, 0.3) is 0 Å². The molecule has 1 aromatic rings. The van der Waals surface area contributed by atoms with E-state index in [1.54, 1.807) is 26.1 Å². The summed E-state index contributed by atoms with van der Waals surface area (Å²) in [5, 5.41) is 2.88. The van der Waals surface area contributed by atoms with Crippen LogP contribution in [0, 0.1) is 6.92 Å². The van der Waals surface area contributed by atoms with Crippen molar-refractivity contribution in [2.75, 3.05) is 20.1 Å². The normalized spacial score (nSPS) is 11.7. The summed E-state index contributed by atoms with van der Waals surface area (Å²) < 4.78 is 27.1. The summed E-state index contributed by atoms with van der Waals surface area (Å²) in [5.41, 5.74) is 0.736. The Kier molecular flexibility index (Phi) is 4.91. The number of rotatable bonds is 5. The maximum absolute atomic E-state index is 11.9. The zero-order chi connectivity index (χ0) is 12.2. The maximum Gasteiger partial charge on any atom is 0.240 e. The minimum Gasteiger partial charge on any atom is -0.318 e. The van der Waals surface area contributed by atoms with Crippen LogP contribution >= 0.6 is 15.9 Å². The molecule has 0 aliphatic rings. The highest BCUT2D eigenvalue weighted by molar-refractivity contribution is 9.10. The van der Waals surface area contributed by atoms with Crippen molar-refractivity contribution in [3.8, 4) is 0 Å². The van der Waals surface area contributed by atoms with E-state index in [1.165, 1.54) is 0 Å². The van der Waals surface area contributed by atoms with Crippen LogP contribution in [-0.4, -0.2) is 28.6 Å². The van der Waals surface area contributed by atoms with Crippen LogP contribution in [0.3, 0.4) is 0 Å². The third-order valence-corrected chi connectivity index (χ3v) is 4.20. The van der Waals surface area contributed by atoms with Crippen molar-refractivity contribution in [1.82, 2.24) is 10.0 Å². The lowest BCUT2D eigenvalue weighted by atomic mass is 10.2. The first-order valence-corrected chi connectivity index (χ1v) is 7.15. The average Bonchev–Trinajstić information content (AvgIpc) is 2.22. The van der Waals surface area contributed by atoms with Crippen LogP contribution in [0.1, 0.15) is 5.56 Å². The molecule has 0 amide bonds. The van der Waals surface area contributed by atoms with Crippen molar-refractivity contribution < 1.29 is 8.42 Å². The van der Waals surface area contributed by atoms with E-state index in [9.17, 15) is 8.42 Å². The molecule has 0 atom stereocenters. The zero-order valence-electron chi connectivity index (χ0n) is 9.25. The summed E-state index contributed by atoms with van der Waals surface area (Å²) in [6.07, 6.45) is 0. The summed E-state index contributed by atoms with van der Waals surface area (Å²) in [6.45, 7) is 2.76. The molecule has 0 radical (unpaired) electrons. The van der Waals surface area contributed by atoms with E-state index in [-0.39, 0.29) is 0 Å². The molecule has 6 heteroatoms. The third kappa shape index (κ3) is 3.55. The number of hydrogen-bond donors (Lipinski definition) is 2. The standard InChI is InChI=1S/C10H15BrN2O2S/c1-8-3-4-9(11)7-10(8)16(14,15)13-6-5-12-2/h3-4,7,12-13H,5-6H2,1-2H3. The van der Waals surface area contributed by atoms with Crippen LogP contribution < -0.4 is 10.0 Å². The smallest absolute Gasteiger partial charge is 0.240 e. The predicted molar refractivity (Wildman–Crippen MR) is 68.0 cm³/mol. The van der Waals surface area contributed by atoms with Gasteiger partial charge in [-0.3, -0.25) is 0 Å². The van der Waals surface area contributed by atoms with Gasteiger partial charge in [0.1, 0.15) is 0 Å². The first-order chi connectivity index (χ1) is 7.47. The Bertz CT molecular complexity index is 460. The van der Waals surface area contributed by atoms with E-state index < -0.39 is 10.0 Å². The molecule has 90 valence electrons. The first-order valence-electron chi connectivity index (χ1n) is 4.88. The Hall–Kier alpha value is -0.430. The van der Waals surface area contributed by atoms with Crippen molar-refractivity contribution in [3.05, 3.63) is 28.2 Å². The molecule has 0 aromatic heterocycles. The minimum atomic E-state index is -3.41. The summed E-state index contributed by atoms with van der Waals surface area (Å²) in [4.78, 5) is 0.318. The predicted octanol–water partition coefficient (Wildman–Crippen LogP) is 1.26. The van der Waals surface area contributed by atoms with E-state index in [4.69, 9.17) is 0 Å². The minimum absolute atomic E-state index is 0.318. The van der Waals surface area contributed by atoms with Gasteiger partial charge in [-0.2, -0.15) is 0 Å². The fraction of sp³-hybridized carbons (Fsp3) is 0.400. The maximum atomic E-state index is 11.9. The Labute approximate surface area is 105 Å². The molecule has 0 aliphatic heterocycles. The Balaban J connectivity index is 2.93. The van der Waals surface area contributed by atoms with Gasteiger partial charge in [0.25, 0.3) is 0 Å². The molecule has 0 fully saturated rings. The van der Waals surface area contributed by atoms with Gasteiger partial charge >= 0.3 is 0 Å². The summed E-state index contributed by atoms with van der Waals surface area (Å²) >= 11 is 3.27. The van der Waals surface area contributed by atoms with Gasteiger partial charge in [0.05, 0.1) is 4.90 Å². The lowest BCUT2D eigenvalue weighted by Crippen LogP contribution is -2.30. The highest BCUT2D eigenvalue weighted by Crippen LogP contribution is 2.20. The fourth-order valence-corrected chi connectivity index (χ4v) is 3.06. The molecule has 0 saturated carbocycles. The Morgan fingerprint density at radius 1 is 1.31 bits per heavy atom. The molecule has 4 nitrogen and oxygen atoms in total. The molecular weight excluding hydrogens is 292 g/mol. The second-order valence-electron chi connectivity index (χ2n) is 3.41. The Morgan fingerprint density at radius 3 is 2.62 bits per heavy atom. The third-order valence-electron chi connectivity index (χ3n) is 2.11. The number of benzene rings is 1. The number of hydrogen-bond acceptors (Lipinski definition) is 3. The van der Waals surface area contributed by atoms with Crippen LogP contribution in [0.2, 0.25) is 0 Å². The van der Waals surface area contributed by atoms with Gasteiger partial charge in [-0.1, -0.05) is 22.0 Å². The molecule has 0 aliphatic carbocycles. The molecule has 0 saturated heterocycles. The van der Waals surface area contributed by atoms with Gasteiger partial charge in [0.2, 0.25) is 10.0 Å². The topological polar surface area (TPSA) is 58.2 Å². The highest BCUT2D eigenvalue weighted by atomic mass is 79.9. The molecular formula is C10H15BrN2O2S. The van der Waals surface area contributed by atoms with E-state index in [2.05, 4.69) is 26.0 Å². The van der Waals surface area contributed by atoms with Crippen LogP contribution in [0.15, 0.2) is 27.6 Å². The molecule has 0 spiro atoms. The van der Waals surface area contributed by atoms with Crippen LogP contribution in [0.4, 0.5) is 0 Å². The van der Waals surface area contributed by atoms with Crippen molar-refractivity contribution >= 4 is 26.0 Å². The summed E-state index contributed by atoms with van der Waals surface area (Å²) in [7, 11) is -1.63. The van der Waals surface area contributed by atoms with E-state index in [0.717, 1.165) is 10.0 Å². The molecule has 16 heavy (non-hydrogen) atoms. The highest BCUT2D eigenvalue weighted by Gasteiger charge is 2.16. The number of likely N-dealkylation sites (N-methyl/N-ethyl adjacent to an activating group) is 1. The van der Waals surface area contributed by atoms with Gasteiger partial charge < -0.3 is 5.32 Å². The number of halogens is 1. The average molecular weight is 307 g/mol. The molecule has 0 bridgehead atoms. The lowest BCUT2D eigenvalue weighted by Gasteiger charge is -2.09. The van der Waals surface area contributed by atoms with Crippen molar-refractivity contribution in [3.63, 3.8) is 0 Å². The number of aryl methyl sites for hydroxylation is 1. The van der Waals surface area contributed by atoms with Gasteiger partial charge in [-0.25, -0.2) is 13.1 Å². The van der Waals surface area contributed by atoms with Gasteiger partial charge in [-0.15, -0.1) is 0 Å². The van der Waals surface area contributed by atoms with Crippen molar-refractivity contribution in [1.29, 1.82) is 0 Å².